The number of hydrogen-bond acceptors (Lipinski definition) is 5. The third kappa shape index (κ3) is 4.65. The highest BCUT2D eigenvalue weighted by Gasteiger charge is 2.66. The number of benzene rings is 2. The maximum atomic E-state index is 15.8. The molecule has 1 spiro atoms. The van der Waals surface area contributed by atoms with Crippen molar-refractivity contribution >= 4 is 46.5 Å². The highest BCUT2D eigenvalue weighted by atomic mass is 35.5. The van der Waals surface area contributed by atoms with E-state index >= 15 is 4.39 Å². The lowest BCUT2D eigenvalue weighted by molar-refractivity contribution is -0.122. The van der Waals surface area contributed by atoms with Crippen LogP contribution in [0.15, 0.2) is 54.7 Å². The Labute approximate surface area is 235 Å². The summed E-state index contributed by atoms with van der Waals surface area (Å²) in [6.45, 7) is 6.13. The Balaban J connectivity index is 1.71. The van der Waals surface area contributed by atoms with Gasteiger partial charge in [0.05, 0.1) is 16.6 Å². The van der Waals surface area contributed by atoms with Gasteiger partial charge in [-0.25, -0.2) is 9.37 Å². The Hall–Kier alpha value is -3.51. The van der Waals surface area contributed by atoms with Gasteiger partial charge in [0, 0.05) is 28.9 Å². The van der Waals surface area contributed by atoms with Crippen molar-refractivity contribution in [2.45, 2.75) is 50.6 Å². The van der Waals surface area contributed by atoms with Gasteiger partial charge in [0.15, 0.2) is 0 Å². The molecule has 1 saturated heterocycles. The molecule has 0 radical (unpaired) electrons. The molecular weight excluding hydrogens is 540 g/mol. The van der Waals surface area contributed by atoms with E-state index in [1.807, 2.05) is 26.8 Å². The molecule has 2 aliphatic heterocycles. The van der Waals surface area contributed by atoms with Crippen LogP contribution in [0.1, 0.15) is 49.8 Å². The molecule has 3 N–H and O–H groups in total. The molecule has 0 aliphatic carbocycles. The summed E-state index contributed by atoms with van der Waals surface area (Å²) in [5, 5.41) is 18.5. The van der Waals surface area contributed by atoms with Crippen molar-refractivity contribution in [1.29, 1.82) is 5.26 Å². The molecule has 1 unspecified atom stereocenters. The summed E-state index contributed by atoms with van der Waals surface area (Å²) >= 11 is 12.5. The average molecular weight is 566 g/mol. The smallest absolute Gasteiger partial charge is 0.243 e. The van der Waals surface area contributed by atoms with E-state index in [0.717, 1.165) is 0 Å². The first kappa shape index (κ1) is 27.1. The number of halogens is 3. The third-order valence-corrected chi connectivity index (χ3v) is 7.89. The molecule has 39 heavy (non-hydrogen) atoms. The van der Waals surface area contributed by atoms with Gasteiger partial charge in [0.1, 0.15) is 23.1 Å². The summed E-state index contributed by atoms with van der Waals surface area (Å²) in [4.78, 5) is 32.1. The number of hydrogen-bond donors (Lipinski definition) is 3. The number of amides is 2. The summed E-state index contributed by atoms with van der Waals surface area (Å²) in [6.07, 6.45) is 1.85. The van der Waals surface area contributed by atoms with E-state index in [4.69, 9.17) is 28.5 Å². The fraction of sp³-hybridized carbons (Fsp3) is 0.310. The molecule has 2 amide bonds. The van der Waals surface area contributed by atoms with Crippen LogP contribution in [0.3, 0.4) is 0 Å². The zero-order valence-electron chi connectivity index (χ0n) is 21.5. The monoisotopic (exact) mass is 565 g/mol. The zero-order valence-corrected chi connectivity index (χ0v) is 23.0. The number of pyridine rings is 1. The normalized spacial score (nSPS) is 23.8. The van der Waals surface area contributed by atoms with Crippen LogP contribution in [0.5, 0.6) is 0 Å². The third-order valence-electron chi connectivity index (χ3n) is 7.36. The fourth-order valence-electron chi connectivity index (χ4n) is 5.89. The van der Waals surface area contributed by atoms with Gasteiger partial charge >= 0.3 is 0 Å². The minimum atomic E-state index is -1.35. The second-order valence-corrected chi connectivity index (χ2v) is 12.0. The number of nitriles is 1. The first-order chi connectivity index (χ1) is 18.5. The van der Waals surface area contributed by atoms with Gasteiger partial charge in [-0.05, 0) is 53.3 Å². The summed E-state index contributed by atoms with van der Waals surface area (Å²) in [7, 11) is 0. The Bertz CT molecular complexity index is 1520. The Kier molecular flexibility index (Phi) is 6.88. The average Bonchev–Trinajstić information content (AvgIpc) is 3.35. The topological polar surface area (TPSA) is 107 Å². The van der Waals surface area contributed by atoms with Crippen molar-refractivity contribution in [3.05, 3.63) is 87.3 Å². The first-order valence-corrected chi connectivity index (χ1v) is 13.2. The Morgan fingerprint density at radius 1 is 1.21 bits per heavy atom. The number of anilines is 2. The second kappa shape index (κ2) is 9.91. The predicted octanol–water partition coefficient (Wildman–Crippen LogP) is 5.79. The molecular formula is C29H26Cl2FN5O2. The summed E-state index contributed by atoms with van der Waals surface area (Å²) < 4.78 is 15.8. The summed E-state index contributed by atoms with van der Waals surface area (Å²) in [5.41, 5.74) is 0.0479. The number of carbonyl (C=O) groups excluding carboxylic acids is 2. The molecule has 2 aromatic carbocycles. The van der Waals surface area contributed by atoms with E-state index < -0.39 is 35.1 Å². The Morgan fingerprint density at radius 3 is 2.64 bits per heavy atom. The highest BCUT2D eigenvalue weighted by molar-refractivity contribution is 6.31. The highest BCUT2D eigenvalue weighted by Crippen LogP contribution is 2.57. The molecule has 0 saturated carbocycles. The van der Waals surface area contributed by atoms with Crippen LogP contribution in [0, 0.1) is 22.6 Å². The van der Waals surface area contributed by atoms with E-state index in [2.05, 4.69) is 20.9 Å². The SMILES string of the molecule is CC(C)(C)C[C@@H]1N[C@@H](C(=O)Nc2ccc(C#N)cn2)[C@@H](c2cccc(Cl)c2F)C12C(=O)Nc1cc(Cl)ccc12. The van der Waals surface area contributed by atoms with Gasteiger partial charge < -0.3 is 16.0 Å². The molecule has 7 nitrogen and oxygen atoms in total. The number of carbonyl (C=O) groups is 2. The largest absolute Gasteiger partial charge is 0.325 e. The van der Waals surface area contributed by atoms with Gasteiger partial charge in [0.25, 0.3) is 0 Å². The lowest BCUT2D eigenvalue weighted by atomic mass is 9.62. The van der Waals surface area contributed by atoms with E-state index in [1.54, 1.807) is 30.3 Å². The molecule has 200 valence electrons. The minimum absolute atomic E-state index is 0.107. The van der Waals surface area contributed by atoms with E-state index in [-0.39, 0.29) is 27.7 Å². The van der Waals surface area contributed by atoms with Crippen LogP contribution in [0.4, 0.5) is 15.9 Å². The first-order valence-electron chi connectivity index (χ1n) is 12.4. The van der Waals surface area contributed by atoms with Crippen LogP contribution in [0.25, 0.3) is 0 Å². The van der Waals surface area contributed by atoms with Gasteiger partial charge in [-0.2, -0.15) is 5.26 Å². The Morgan fingerprint density at radius 2 is 1.97 bits per heavy atom. The maximum absolute atomic E-state index is 15.8. The van der Waals surface area contributed by atoms with Crippen molar-refractivity contribution in [3.8, 4) is 6.07 Å². The molecule has 4 atom stereocenters. The number of nitrogens with one attached hydrogen (secondary N) is 3. The van der Waals surface area contributed by atoms with Crippen LogP contribution >= 0.6 is 23.2 Å². The van der Waals surface area contributed by atoms with E-state index in [9.17, 15) is 9.59 Å². The van der Waals surface area contributed by atoms with Crippen LogP contribution in [-0.2, 0) is 15.0 Å². The maximum Gasteiger partial charge on any atom is 0.243 e. The molecule has 3 aromatic rings. The lowest BCUT2D eigenvalue weighted by Gasteiger charge is -2.37. The van der Waals surface area contributed by atoms with Gasteiger partial charge in [0.2, 0.25) is 11.8 Å². The van der Waals surface area contributed by atoms with Crippen molar-refractivity contribution in [2.75, 3.05) is 10.6 Å². The summed E-state index contributed by atoms with van der Waals surface area (Å²) in [6, 6.07) is 13.2. The molecule has 3 heterocycles. The number of nitrogens with zero attached hydrogens (tertiary/aromatic N) is 2. The van der Waals surface area contributed by atoms with E-state index in [0.29, 0.717) is 28.3 Å². The standard InChI is InChI=1S/C29H26Cl2FN5O2/c1-28(2,3)12-21-29(18-9-8-16(30)11-20(18)35-27(29)39)23(17-5-4-6-19(31)24(17)32)25(36-21)26(38)37-22-10-7-15(13-33)14-34-22/h4-11,14,21,23,25,36H,12H2,1-3H3,(H,35,39)(H,34,37,38)/t21-,23+,25+,29?/m0/s1. The van der Waals surface area contributed by atoms with Crippen LogP contribution in [0.2, 0.25) is 10.0 Å². The van der Waals surface area contributed by atoms with Gasteiger partial charge in [-0.1, -0.05) is 62.2 Å². The van der Waals surface area contributed by atoms with Gasteiger partial charge in [-0.15, -0.1) is 0 Å². The molecule has 5 rings (SSSR count). The number of rotatable bonds is 4. The predicted molar refractivity (Wildman–Crippen MR) is 148 cm³/mol. The van der Waals surface area contributed by atoms with Crippen molar-refractivity contribution in [1.82, 2.24) is 10.3 Å². The van der Waals surface area contributed by atoms with Crippen molar-refractivity contribution < 1.29 is 14.0 Å². The quantitative estimate of drug-likeness (QED) is 0.371. The molecule has 10 heteroatoms. The molecule has 1 fully saturated rings. The lowest BCUT2D eigenvalue weighted by Crippen LogP contribution is -2.49. The molecule has 1 aromatic heterocycles. The molecule has 0 bridgehead atoms. The number of fused-ring (bicyclic) bond motifs is 2. The zero-order chi connectivity index (χ0) is 28.1. The van der Waals surface area contributed by atoms with Crippen molar-refractivity contribution in [3.63, 3.8) is 0 Å². The van der Waals surface area contributed by atoms with Crippen LogP contribution in [-0.4, -0.2) is 28.9 Å². The minimum Gasteiger partial charge on any atom is -0.325 e. The number of aromatic nitrogens is 1. The van der Waals surface area contributed by atoms with Crippen LogP contribution < -0.4 is 16.0 Å². The second-order valence-electron chi connectivity index (χ2n) is 11.1. The fourth-order valence-corrected chi connectivity index (χ4v) is 6.24. The molecule has 2 aliphatic rings. The van der Waals surface area contributed by atoms with E-state index in [1.165, 1.54) is 24.4 Å². The van der Waals surface area contributed by atoms with Crippen molar-refractivity contribution in [2.24, 2.45) is 5.41 Å². The summed E-state index contributed by atoms with van der Waals surface area (Å²) in [5.74, 6) is -2.28. The van der Waals surface area contributed by atoms with Gasteiger partial charge in [-0.3, -0.25) is 9.59 Å².